The number of nitrogens with zero attached hydrogens (tertiary/aromatic N) is 1. The molecule has 3 rings (SSSR count). The Morgan fingerprint density at radius 2 is 2.00 bits per heavy atom. The van der Waals surface area contributed by atoms with Crippen LogP contribution in [0.15, 0.2) is 28.7 Å². The summed E-state index contributed by atoms with van der Waals surface area (Å²) in [6.45, 7) is 7.82. The lowest BCUT2D eigenvalue weighted by molar-refractivity contribution is 0.225. The monoisotopic (exact) mass is 286 g/mol. The molecule has 0 bridgehead atoms. The molecule has 1 aliphatic rings. The lowest BCUT2D eigenvalue weighted by atomic mass is 10.1. The molecule has 0 saturated carbocycles. The number of aryl methyl sites for hydroxylation is 1. The van der Waals surface area contributed by atoms with Gasteiger partial charge in [0.2, 0.25) is 0 Å². The first-order valence-corrected chi connectivity index (χ1v) is 8.23. The number of hydrogen-bond acceptors (Lipinski definition) is 3. The molecule has 1 aromatic heterocycles. The number of likely N-dealkylation sites (tertiary alicyclic amines) is 1. The predicted molar refractivity (Wildman–Crippen MR) is 87.6 cm³/mol. The molecule has 114 valence electrons. The Morgan fingerprint density at radius 3 is 2.86 bits per heavy atom. The molecule has 21 heavy (non-hydrogen) atoms. The first-order chi connectivity index (χ1) is 10.3. The zero-order valence-corrected chi connectivity index (χ0v) is 13.0. The van der Waals surface area contributed by atoms with Crippen molar-refractivity contribution in [2.45, 2.75) is 39.2 Å². The van der Waals surface area contributed by atoms with Crippen LogP contribution in [-0.4, -0.2) is 31.1 Å². The molecule has 1 aliphatic heterocycles. The average molecular weight is 286 g/mol. The molecule has 1 N–H and O–H groups in total. The second kappa shape index (κ2) is 7.10. The van der Waals surface area contributed by atoms with E-state index in [1.807, 2.05) is 0 Å². The number of fused-ring (bicyclic) bond motifs is 1. The van der Waals surface area contributed by atoms with Gasteiger partial charge in [-0.2, -0.15) is 0 Å². The minimum atomic E-state index is 0.827. The molecule has 3 nitrogen and oxygen atoms in total. The van der Waals surface area contributed by atoms with Crippen LogP contribution in [0.4, 0.5) is 0 Å². The van der Waals surface area contributed by atoms with Gasteiger partial charge in [-0.3, -0.25) is 0 Å². The van der Waals surface area contributed by atoms with Gasteiger partial charge < -0.3 is 14.6 Å². The number of furan rings is 1. The van der Waals surface area contributed by atoms with E-state index in [9.17, 15) is 0 Å². The van der Waals surface area contributed by atoms with Gasteiger partial charge >= 0.3 is 0 Å². The van der Waals surface area contributed by atoms with Crippen LogP contribution >= 0.6 is 0 Å². The lowest BCUT2D eigenvalue weighted by Crippen LogP contribution is -2.32. The van der Waals surface area contributed by atoms with Gasteiger partial charge in [-0.05, 0) is 70.6 Å². The number of nitrogens with one attached hydrogen (secondary N) is 1. The Hall–Kier alpha value is -1.32. The van der Waals surface area contributed by atoms with Gasteiger partial charge in [0, 0.05) is 5.39 Å². The van der Waals surface area contributed by atoms with Crippen LogP contribution in [0.5, 0.6) is 0 Å². The van der Waals surface area contributed by atoms with Crippen LogP contribution in [0.3, 0.4) is 0 Å². The van der Waals surface area contributed by atoms with Crippen LogP contribution in [0.25, 0.3) is 11.0 Å². The van der Waals surface area contributed by atoms with Gasteiger partial charge in [-0.15, -0.1) is 0 Å². The fraction of sp³-hybridized carbons (Fsp3) is 0.556. The molecule has 0 radical (unpaired) electrons. The predicted octanol–water partition coefficient (Wildman–Crippen LogP) is 3.71. The molecule has 0 atom stereocenters. The summed E-state index contributed by atoms with van der Waals surface area (Å²) in [5.41, 5.74) is 2.27. The van der Waals surface area contributed by atoms with E-state index in [0.29, 0.717) is 0 Å². The number of hydrogen-bond donors (Lipinski definition) is 1. The van der Waals surface area contributed by atoms with E-state index in [0.717, 1.165) is 24.4 Å². The molecule has 0 spiro atoms. The topological polar surface area (TPSA) is 28.4 Å². The maximum atomic E-state index is 5.85. The molecular weight excluding hydrogens is 260 g/mol. The van der Waals surface area contributed by atoms with Gasteiger partial charge in [0.15, 0.2) is 0 Å². The summed E-state index contributed by atoms with van der Waals surface area (Å²) < 4.78 is 5.85. The zero-order valence-electron chi connectivity index (χ0n) is 13.0. The van der Waals surface area contributed by atoms with Crippen molar-refractivity contribution in [3.8, 4) is 0 Å². The zero-order chi connectivity index (χ0) is 14.5. The molecule has 3 heteroatoms. The fourth-order valence-electron chi connectivity index (χ4n) is 3.13. The smallest absolute Gasteiger partial charge is 0.134 e. The van der Waals surface area contributed by atoms with Crippen LogP contribution < -0.4 is 5.32 Å². The standard InChI is InChI=1S/C18H26N2O/c1-15-6-7-18-16(12-15)13-17(21-18)14-19-8-5-11-20-9-3-2-4-10-20/h6-7,12-13,19H,2-5,8-11,14H2,1H3. The van der Waals surface area contributed by atoms with Crippen molar-refractivity contribution < 1.29 is 4.42 Å². The maximum absolute atomic E-state index is 5.85. The average Bonchev–Trinajstić information content (AvgIpc) is 2.90. The fourth-order valence-corrected chi connectivity index (χ4v) is 3.13. The van der Waals surface area contributed by atoms with Gasteiger partial charge in [-0.25, -0.2) is 0 Å². The van der Waals surface area contributed by atoms with E-state index in [-0.39, 0.29) is 0 Å². The van der Waals surface area contributed by atoms with Gasteiger partial charge in [0.25, 0.3) is 0 Å². The summed E-state index contributed by atoms with van der Waals surface area (Å²) in [6.07, 6.45) is 5.40. The normalized spacial score (nSPS) is 16.6. The highest BCUT2D eigenvalue weighted by molar-refractivity contribution is 5.78. The summed E-state index contributed by atoms with van der Waals surface area (Å²) in [6, 6.07) is 8.49. The number of benzene rings is 1. The molecule has 1 aromatic carbocycles. The largest absolute Gasteiger partial charge is 0.460 e. The molecular formula is C18H26N2O. The Morgan fingerprint density at radius 1 is 1.14 bits per heavy atom. The maximum Gasteiger partial charge on any atom is 0.134 e. The Balaban J connectivity index is 1.40. The molecule has 2 heterocycles. The Labute approximate surface area is 127 Å². The van der Waals surface area contributed by atoms with Gasteiger partial charge in [-0.1, -0.05) is 18.1 Å². The minimum Gasteiger partial charge on any atom is -0.460 e. The van der Waals surface area contributed by atoms with Crippen LogP contribution in [0.1, 0.15) is 37.0 Å². The quantitative estimate of drug-likeness (QED) is 0.821. The van der Waals surface area contributed by atoms with Crippen molar-refractivity contribution in [2.24, 2.45) is 0 Å². The van der Waals surface area contributed by atoms with Crippen molar-refractivity contribution in [1.29, 1.82) is 0 Å². The van der Waals surface area contributed by atoms with E-state index < -0.39 is 0 Å². The lowest BCUT2D eigenvalue weighted by Gasteiger charge is -2.26. The van der Waals surface area contributed by atoms with E-state index in [2.05, 4.69) is 41.4 Å². The van der Waals surface area contributed by atoms with Crippen molar-refractivity contribution in [3.05, 3.63) is 35.6 Å². The summed E-state index contributed by atoms with van der Waals surface area (Å²) >= 11 is 0. The first kappa shape index (κ1) is 14.6. The van der Waals surface area contributed by atoms with E-state index in [4.69, 9.17) is 4.42 Å². The van der Waals surface area contributed by atoms with Crippen LogP contribution in [-0.2, 0) is 6.54 Å². The van der Waals surface area contributed by atoms with Crippen LogP contribution in [0.2, 0.25) is 0 Å². The second-order valence-electron chi connectivity index (χ2n) is 6.19. The summed E-state index contributed by atoms with van der Waals surface area (Å²) in [7, 11) is 0. The Bertz CT molecular complexity index is 570. The number of piperidine rings is 1. The van der Waals surface area contributed by atoms with Crippen molar-refractivity contribution in [3.63, 3.8) is 0 Å². The molecule has 2 aromatic rings. The van der Waals surface area contributed by atoms with E-state index in [1.54, 1.807) is 0 Å². The molecule has 0 amide bonds. The first-order valence-electron chi connectivity index (χ1n) is 8.23. The van der Waals surface area contributed by atoms with Crippen molar-refractivity contribution in [1.82, 2.24) is 10.2 Å². The summed E-state index contributed by atoms with van der Waals surface area (Å²) in [5, 5.41) is 4.70. The third kappa shape index (κ3) is 4.08. The number of rotatable bonds is 6. The van der Waals surface area contributed by atoms with Crippen molar-refractivity contribution in [2.75, 3.05) is 26.2 Å². The van der Waals surface area contributed by atoms with E-state index in [1.165, 1.54) is 56.3 Å². The highest BCUT2D eigenvalue weighted by atomic mass is 16.3. The molecule has 0 aliphatic carbocycles. The molecule has 0 unspecified atom stereocenters. The minimum absolute atomic E-state index is 0.827. The summed E-state index contributed by atoms with van der Waals surface area (Å²) in [5.74, 6) is 1.04. The Kier molecular flexibility index (Phi) is 4.94. The van der Waals surface area contributed by atoms with Crippen LogP contribution in [0, 0.1) is 6.92 Å². The summed E-state index contributed by atoms with van der Waals surface area (Å²) in [4.78, 5) is 2.59. The van der Waals surface area contributed by atoms with Crippen molar-refractivity contribution >= 4 is 11.0 Å². The highest BCUT2D eigenvalue weighted by Crippen LogP contribution is 2.20. The molecule has 1 saturated heterocycles. The van der Waals surface area contributed by atoms with Gasteiger partial charge in [0.1, 0.15) is 11.3 Å². The van der Waals surface area contributed by atoms with E-state index >= 15 is 0 Å². The molecule has 1 fully saturated rings. The third-order valence-corrected chi connectivity index (χ3v) is 4.30. The second-order valence-corrected chi connectivity index (χ2v) is 6.19. The SMILES string of the molecule is Cc1ccc2oc(CNCCCN3CCCCC3)cc2c1. The van der Waals surface area contributed by atoms with Gasteiger partial charge in [0.05, 0.1) is 6.54 Å². The third-order valence-electron chi connectivity index (χ3n) is 4.30. The highest BCUT2D eigenvalue weighted by Gasteiger charge is 2.09.